The molecule has 1 aromatic carbocycles. The average Bonchev–Trinajstić information content (AvgIpc) is 2.37. The molecule has 0 aliphatic heterocycles. The van der Waals surface area contributed by atoms with Crippen molar-refractivity contribution in [3.63, 3.8) is 0 Å². The Morgan fingerprint density at radius 1 is 1.33 bits per heavy atom. The smallest absolute Gasteiger partial charge is 0.496 e. The van der Waals surface area contributed by atoms with Crippen LogP contribution in [-0.2, 0) is 0 Å². The monoisotopic (exact) mass is 360 g/mol. The summed E-state index contributed by atoms with van der Waals surface area (Å²) in [7, 11) is 0.192. The SMILES string of the molecule is COc1ccc(OC(F)(F)F)cc1S(C)(CCS)CSC. The molecule has 0 aliphatic carbocycles. The topological polar surface area (TPSA) is 18.5 Å². The van der Waals surface area contributed by atoms with Crippen molar-refractivity contribution >= 4 is 34.4 Å². The van der Waals surface area contributed by atoms with Crippen LogP contribution >= 0.6 is 34.4 Å². The average molecular weight is 360 g/mol. The maximum Gasteiger partial charge on any atom is 0.573 e. The van der Waals surface area contributed by atoms with Crippen LogP contribution in [0, 0.1) is 0 Å². The molecule has 0 heterocycles. The van der Waals surface area contributed by atoms with E-state index in [1.807, 2.05) is 6.26 Å². The van der Waals surface area contributed by atoms with Crippen LogP contribution in [0.3, 0.4) is 0 Å². The molecule has 1 unspecified atom stereocenters. The first-order valence-electron chi connectivity index (χ1n) is 6.03. The number of thioether (sulfide) groups is 1. The van der Waals surface area contributed by atoms with E-state index in [-0.39, 0.29) is 5.75 Å². The first kappa shape index (κ1) is 18.7. The van der Waals surface area contributed by atoms with Crippen LogP contribution in [0.4, 0.5) is 13.2 Å². The van der Waals surface area contributed by atoms with E-state index in [2.05, 4.69) is 23.6 Å². The van der Waals surface area contributed by atoms with E-state index in [4.69, 9.17) is 4.74 Å². The molecular weight excluding hydrogens is 341 g/mol. The van der Waals surface area contributed by atoms with E-state index in [0.29, 0.717) is 11.5 Å². The Bertz CT molecular complexity index is 460. The predicted octanol–water partition coefficient (Wildman–Crippen LogP) is 4.64. The Labute approximate surface area is 134 Å². The van der Waals surface area contributed by atoms with E-state index in [1.165, 1.54) is 25.3 Å². The normalized spacial score (nSPS) is 16.1. The van der Waals surface area contributed by atoms with Crippen LogP contribution in [0.25, 0.3) is 0 Å². The van der Waals surface area contributed by atoms with Gasteiger partial charge in [0.1, 0.15) is 11.5 Å². The molecular formula is C13H19F3O2S3. The number of ether oxygens (including phenoxy) is 2. The summed E-state index contributed by atoms with van der Waals surface area (Å²) in [6.07, 6.45) is -0.637. The lowest BCUT2D eigenvalue weighted by atomic mass is 10.3. The zero-order valence-electron chi connectivity index (χ0n) is 12.1. The molecule has 0 amide bonds. The maximum absolute atomic E-state index is 12.4. The number of thiol groups is 1. The van der Waals surface area contributed by atoms with Crippen LogP contribution in [-0.4, -0.2) is 42.6 Å². The van der Waals surface area contributed by atoms with Crippen molar-refractivity contribution in [1.82, 2.24) is 0 Å². The van der Waals surface area contributed by atoms with Gasteiger partial charge in [-0.2, -0.15) is 24.4 Å². The van der Waals surface area contributed by atoms with Gasteiger partial charge in [-0.1, -0.05) is 0 Å². The molecule has 0 fully saturated rings. The number of alkyl halides is 3. The molecule has 0 saturated carbocycles. The molecule has 0 N–H and O–H groups in total. The first-order valence-corrected chi connectivity index (χ1v) is 10.4. The Balaban J connectivity index is 3.25. The van der Waals surface area contributed by atoms with Gasteiger partial charge in [0.15, 0.2) is 0 Å². The number of hydrogen-bond donors (Lipinski definition) is 1. The standard InChI is InChI=1S/C13H19F3O2S3/c1-17-11-5-4-10(18-13(14,15)16)8-12(11)21(3,7-6-19)9-20-2/h4-5,8,19H,6-7,9H2,1-3H3. The molecule has 1 aromatic rings. The summed E-state index contributed by atoms with van der Waals surface area (Å²) < 4.78 is 46.5. The fourth-order valence-electron chi connectivity index (χ4n) is 1.93. The van der Waals surface area contributed by atoms with Gasteiger partial charge < -0.3 is 9.47 Å². The number of rotatable bonds is 7. The Hall–Kier alpha value is -0.340. The summed E-state index contributed by atoms with van der Waals surface area (Å²) in [5.41, 5.74) is 0. The molecule has 1 atom stereocenters. The van der Waals surface area contributed by atoms with Crippen LogP contribution < -0.4 is 9.47 Å². The summed E-state index contributed by atoms with van der Waals surface area (Å²) in [5.74, 6) is 1.86. The summed E-state index contributed by atoms with van der Waals surface area (Å²) in [5, 5.41) is 0.833. The summed E-state index contributed by atoms with van der Waals surface area (Å²) in [6.45, 7) is 0. The number of methoxy groups -OCH3 is 1. The second-order valence-corrected chi connectivity index (χ2v) is 9.83. The van der Waals surface area contributed by atoms with Crippen LogP contribution in [0.15, 0.2) is 23.1 Å². The molecule has 1 rings (SSSR count). The summed E-state index contributed by atoms with van der Waals surface area (Å²) >= 11 is 5.94. The van der Waals surface area contributed by atoms with Crippen molar-refractivity contribution in [3.8, 4) is 11.5 Å². The minimum atomic E-state index is -4.69. The van der Waals surface area contributed by atoms with Crippen molar-refractivity contribution in [3.05, 3.63) is 18.2 Å². The minimum Gasteiger partial charge on any atom is -0.496 e. The molecule has 21 heavy (non-hydrogen) atoms. The zero-order valence-corrected chi connectivity index (χ0v) is 14.6. The van der Waals surface area contributed by atoms with Crippen LogP contribution in [0.5, 0.6) is 11.5 Å². The number of benzene rings is 1. The van der Waals surface area contributed by atoms with Crippen molar-refractivity contribution in [2.75, 3.05) is 36.2 Å². The lowest BCUT2D eigenvalue weighted by Gasteiger charge is -2.36. The predicted molar refractivity (Wildman–Crippen MR) is 88.6 cm³/mol. The first-order chi connectivity index (χ1) is 9.75. The molecule has 0 radical (unpaired) electrons. The Morgan fingerprint density at radius 2 is 2.00 bits per heavy atom. The summed E-state index contributed by atoms with van der Waals surface area (Å²) in [4.78, 5) is 0.787. The molecule has 2 nitrogen and oxygen atoms in total. The fraction of sp³-hybridized carbons (Fsp3) is 0.538. The highest BCUT2D eigenvalue weighted by Gasteiger charge is 2.32. The summed E-state index contributed by atoms with van der Waals surface area (Å²) in [6, 6.07) is 4.25. The van der Waals surface area contributed by atoms with Gasteiger partial charge in [-0.25, -0.2) is 10.0 Å². The van der Waals surface area contributed by atoms with E-state index in [1.54, 1.807) is 11.8 Å². The molecule has 0 bridgehead atoms. The molecule has 122 valence electrons. The van der Waals surface area contributed by atoms with Gasteiger partial charge in [-0.3, -0.25) is 0 Å². The highest BCUT2D eigenvalue weighted by atomic mass is 32.3. The van der Waals surface area contributed by atoms with Crippen LogP contribution in [0.2, 0.25) is 0 Å². The van der Waals surface area contributed by atoms with E-state index in [9.17, 15) is 13.2 Å². The maximum atomic E-state index is 12.4. The van der Waals surface area contributed by atoms with Gasteiger partial charge in [0.2, 0.25) is 0 Å². The molecule has 0 aromatic heterocycles. The quantitative estimate of drug-likeness (QED) is 0.715. The van der Waals surface area contributed by atoms with E-state index >= 15 is 0 Å². The van der Waals surface area contributed by atoms with Gasteiger partial charge in [0.25, 0.3) is 0 Å². The van der Waals surface area contributed by atoms with Gasteiger partial charge >= 0.3 is 6.36 Å². The third kappa shape index (κ3) is 5.41. The zero-order chi connectivity index (χ0) is 16.1. The van der Waals surface area contributed by atoms with Gasteiger partial charge in [-0.05, 0) is 42.2 Å². The third-order valence-corrected chi connectivity index (χ3v) is 8.86. The molecule has 8 heteroatoms. The van der Waals surface area contributed by atoms with E-state index < -0.39 is 16.4 Å². The third-order valence-electron chi connectivity index (χ3n) is 2.82. The minimum absolute atomic E-state index is 0.211. The van der Waals surface area contributed by atoms with Crippen molar-refractivity contribution < 1.29 is 22.6 Å². The number of hydrogen-bond acceptors (Lipinski definition) is 4. The van der Waals surface area contributed by atoms with Crippen molar-refractivity contribution in [2.24, 2.45) is 0 Å². The molecule has 0 saturated heterocycles. The molecule has 0 aliphatic rings. The second-order valence-electron chi connectivity index (χ2n) is 4.47. The van der Waals surface area contributed by atoms with Gasteiger partial charge in [0.05, 0.1) is 7.11 Å². The lowest BCUT2D eigenvalue weighted by Crippen LogP contribution is -2.17. The van der Waals surface area contributed by atoms with Crippen molar-refractivity contribution in [2.45, 2.75) is 11.3 Å². The Morgan fingerprint density at radius 3 is 2.48 bits per heavy atom. The lowest BCUT2D eigenvalue weighted by molar-refractivity contribution is -0.274. The largest absolute Gasteiger partial charge is 0.573 e. The highest BCUT2D eigenvalue weighted by molar-refractivity contribution is 8.39. The Kier molecular flexibility index (Phi) is 6.93. The van der Waals surface area contributed by atoms with Crippen LogP contribution in [0.1, 0.15) is 0 Å². The molecule has 0 spiro atoms. The van der Waals surface area contributed by atoms with Crippen molar-refractivity contribution in [1.29, 1.82) is 0 Å². The second kappa shape index (κ2) is 7.78. The number of halogens is 3. The fourth-order valence-corrected chi connectivity index (χ4v) is 7.86. The van der Waals surface area contributed by atoms with Gasteiger partial charge in [0, 0.05) is 9.98 Å². The van der Waals surface area contributed by atoms with Gasteiger partial charge in [-0.15, -0.1) is 13.2 Å². The van der Waals surface area contributed by atoms with E-state index in [0.717, 1.165) is 15.7 Å². The highest BCUT2D eigenvalue weighted by Crippen LogP contribution is 2.58.